The summed E-state index contributed by atoms with van der Waals surface area (Å²) in [6.07, 6.45) is 1.12. The van der Waals surface area contributed by atoms with Gasteiger partial charge in [0.05, 0.1) is 22.0 Å². The van der Waals surface area contributed by atoms with Gasteiger partial charge in [-0.25, -0.2) is 13.4 Å². The molecule has 1 unspecified atom stereocenters. The van der Waals surface area contributed by atoms with Gasteiger partial charge in [0.1, 0.15) is 5.82 Å². The lowest BCUT2D eigenvalue weighted by Crippen LogP contribution is -2.32. The molecule has 2 N–H and O–H groups in total. The van der Waals surface area contributed by atoms with Crippen molar-refractivity contribution in [3.05, 3.63) is 59.9 Å². The van der Waals surface area contributed by atoms with Crippen molar-refractivity contribution >= 4 is 26.8 Å². The Morgan fingerprint density at radius 2 is 1.85 bits per heavy atom. The molecular formula is C19H21N3O3S. The highest BCUT2D eigenvalue weighted by molar-refractivity contribution is 7.90. The van der Waals surface area contributed by atoms with Crippen molar-refractivity contribution in [2.75, 3.05) is 6.26 Å². The van der Waals surface area contributed by atoms with Crippen molar-refractivity contribution in [1.29, 1.82) is 0 Å². The SMILES string of the molecule is CC(C)C(NC(=O)c1cccc(S(C)(=O)=O)c1)c1nc2ccccc2[nH]1. The van der Waals surface area contributed by atoms with Crippen LogP contribution in [0.4, 0.5) is 0 Å². The minimum atomic E-state index is -3.37. The molecule has 6 nitrogen and oxygen atoms in total. The number of imidazole rings is 1. The first-order valence-corrected chi connectivity index (χ1v) is 10.2. The molecule has 0 bridgehead atoms. The zero-order valence-electron chi connectivity index (χ0n) is 14.9. The number of hydrogen-bond donors (Lipinski definition) is 2. The molecule has 1 amide bonds. The second-order valence-electron chi connectivity index (χ2n) is 6.63. The molecule has 0 saturated heterocycles. The van der Waals surface area contributed by atoms with E-state index in [1.165, 1.54) is 12.1 Å². The predicted molar refractivity (Wildman–Crippen MR) is 101 cm³/mol. The summed E-state index contributed by atoms with van der Waals surface area (Å²) >= 11 is 0. The van der Waals surface area contributed by atoms with E-state index >= 15 is 0 Å². The van der Waals surface area contributed by atoms with Crippen LogP contribution in [-0.2, 0) is 9.84 Å². The maximum absolute atomic E-state index is 12.7. The average Bonchev–Trinajstić information content (AvgIpc) is 3.02. The lowest BCUT2D eigenvalue weighted by Gasteiger charge is -2.20. The molecule has 3 rings (SSSR count). The van der Waals surface area contributed by atoms with E-state index in [-0.39, 0.29) is 22.8 Å². The van der Waals surface area contributed by atoms with E-state index in [0.717, 1.165) is 17.3 Å². The van der Waals surface area contributed by atoms with Gasteiger partial charge in [-0.3, -0.25) is 4.79 Å². The Morgan fingerprint density at radius 1 is 1.12 bits per heavy atom. The summed E-state index contributed by atoms with van der Waals surface area (Å²) in [4.78, 5) is 20.6. The first-order valence-electron chi connectivity index (χ1n) is 8.31. The largest absolute Gasteiger partial charge is 0.342 e. The summed E-state index contributed by atoms with van der Waals surface area (Å²) in [6, 6.07) is 13.4. The van der Waals surface area contributed by atoms with Crippen LogP contribution in [0.2, 0.25) is 0 Å². The van der Waals surface area contributed by atoms with Crippen LogP contribution in [-0.4, -0.2) is 30.5 Å². The Balaban J connectivity index is 1.90. The van der Waals surface area contributed by atoms with Crippen LogP contribution in [0.1, 0.15) is 36.1 Å². The Hall–Kier alpha value is -2.67. The van der Waals surface area contributed by atoms with Crippen molar-refractivity contribution in [1.82, 2.24) is 15.3 Å². The zero-order chi connectivity index (χ0) is 18.9. The molecule has 0 aliphatic carbocycles. The third-order valence-corrected chi connectivity index (χ3v) is 5.29. The predicted octanol–water partition coefficient (Wildman–Crippen LogP) is 3.09. The molecule has 0 saturated carbocycles. The van der Waals surface area contributed by atoms with Gasteiger partial charge in [-0.05, 0) is 36.2 Å². The quantitative estimate of drug-likeness (QED) is 0.721. The molecule has 1 aromatic heterocycles. The van der Waals surface area contributed by atoms with Crippen molar-refractivity contribution in [3.63, 3.8) is 0 Å². The van der Waals surface area contributed by atoms with Gasteiger partial charge in [-0.15, -0.1) is 0 Å². The number of benzene rings is 2. The van der Waals surface area contributed by atoms with E-state index in [1.54, 1.807) is 12.1 Å². The molecule has 1 heterocycles. The summed E-state index contributed by atoms with van der Waals surface area (Å²) in [7, 11) is -3.37. The number of para-hydroxylation sites is 2. The van der Waals surface area contributed by atoms with Gasteiger partial charge >= 0.3 is 0 Å². The number of rotatable bonds is 5. The Morgan fingerprint density at radius 3 is 2.50 bits per heavy atom. The molecule has 0 fully saturated rings. The topological polar surface area (TPSA) is 91.9 Å². The maximum atomic E-state index is 12.7. The highest BCUT2D eigenvalue weighted by Crippen LogP contribution is 2.23. The first-order chi connectivity index (χ1) is 12.3. The second-order valence-corrected chi connectivity index (χ2v) is 8.65. The van der Waals surface area contributed by atoms with Crippen LogP contribution in [0.15, 0.2) is 53.4 Å². The highest BCUT2D eigenvalue weighted by Gasteiger charge is 2.23. The van der Waals surface area contributed by atoms with Gasteiger partial charge in [0.25, 0.3) is 5.91 Å². The number of amides is 1. The first kappa shape index (κ1) is 18.1. The van der Waals surface area contributed by atoms with Crippen LogP contribution in [0.5, 0.6) is 0 Å². The number of sulfone groups is 1. The standard InChI is InChI=1S/C19H21N3O3S/c1-12(2)17(18-20-15-9-4-5-10-16(15)21-18)22-19(23)13-7-6-8-14(11-13)26(3,24)25/h4-12,17H,1-3H3,(H,20,21)(H,22,23). The average molecular weight is 371 g/mol. The number of fused-ring (bicyclic) bond motifs is 1. The summed E-state index contributed by atoms with van der Waals surface area (Å²) in [5, 5.41) is 2.96. The highest BCUT2D eigenvalue weighted by atomic mass is 32.2. The number of H-pyrrole nitrogens is 1. The zero-order valence-corrected chi connectivity index (χ0v) is 15.7. The minimum Gasteiger partial charge on any atom is -0.342 e. The molecule has 3 aromatic rings. The normalized spacial score (nSPS) is 13.1. The van der Waals surface area contributed by atoms with E-state index in [0.29, 0.717) is 11.4 Å². The molecule has 2 aromatic carbocycles. The van der Waals surface area contributed by atoms with E-state index in [1.807, 2.05) is 38.1 Å². The van der Waals surface area contributed by atoms with E-state index in [9.17, 15) is 13.2 Å². The lowest BCUT2D eigenvalue weighted by molar-refractivity contribution is 0.0923. The Bertz CT molecular complexity index is 1020. The van der Waals surface area contributed by atoms with Crippen molar-refractivity contribution in [2.45, 2.75) is 24.8 Å². The van der Waals surface area contributed by atoms with Crippen LogP contribution >= 0.6 is 0 Å². The number of nitrogens with zero attached hydrogens (tertiary/aromatic N) is 1. The molecule has 26 heavy (non-hydrogen) atoms. The number of aromatic nitrogens is 2. The lowest BCUT2D eigenvalue weighted by atomic mass is 10.0. The third kappa shape index (κ3) is 3.77. The van der Waals surface area contributed by atoms with Gasteiger partial charge in [-0.2, -0.15) is 0 Å². The van der Waals surface area contributed by atoms with Crippen molar-refractivity contribution < 1.29 is 13.2 Å². The van der Waals surface area contributed by atoms with E-state index in [4.69, 9.17) is 0 Å². The van der Waals surface area contributed by atoms with Gasteiger partial charge < -0.3 is 10.3 Å². The Labute approximate surface area is 152 Å². The van der Waals surface area contributed by atoms with Gasteiger partial charge in [0.2, 0.25) is 0 Å². The molecular weight excluding hydrogens is 350 g/mol. The fourth-order valence-corrected chi connectivity index (χ4v) is 3.43. The van der Waals surface area contributed by atoms with Crippen molar-refractivity contribution in [2.24, 2.45) is 5.92 Å². The van der Waals surface area contributed by atoms with Crippen LogP contribution < -0.4 is 5.32 Å². The number of aromatic amines is 1. The van der Waals surface area contributed by atoms with Crippen molar-refractivity contribution in [3.8, 4) is 0 Å². The molecule has 1 atom stereocenters. The molecule has 7 heteroatoms. The maximum Gasteiger partial charge on any atom is 0.251 e. The monoisotopic (exact) mass is 371 g/mol. The van der Waals surface area contributed by atoms with Crippen LogP contribution in [0.3, 0.4) is 0 Å². The number of hydrogen-bond acceptors (Lipinski definition) is 4. The van der Waals surface area contributed by atoms with Gasteiger partial charge in [0, 0.05) is 11.8 Å². The molecule has 0 aliphatic rings. The van der Waals surface area contributed by atoms with Crippen LogP contribution in [0.25, 0.3) is 11.0 Å². The van der Waals surface area contributed by atoms with Gasteiger partial charge in [0.15, 0.2) is 9.84 Å². The van der Waals surface area contributed by atoms with Gasteiger partial charge in [-0.1, -0.05) is 32.0 Å². The van der Waals surface area contributed by atoms with Crippen LogP contribution in [0, 0.1) is 5.92 Å². The fourth-order valence-electron chi connectivity index (χ4n) is 2.76. The fraction of sp³-hybridized carbons (Fsp3) is 0.263. The smallest absolute Gasteiger partial charge is 0.251 e. The number of nitrogens with one attached hydrogen (secondary N) is 2. The Kier molecular flexibility index (Phi) is 4.82. The third-order valence-electron chi connectivity index (χ3n) is 4.18. The number of carbonyl (C=O) groups excluding carboxylic acids is 1. The minimum absolute atomic E-state index is 0.0950. The summed E-state index contributed by atoms with van der Waals surface area (Å²) < 4.78 is 23.4. The van der Waals surface area contributed by atoms with E-state index in [2.05, 4.69) is 15.3 Å². The van der Waals surface area contributed by atoms with E-state index < -0.39 is 9.84 Å². The molecule has 0 spiro atoms. The summed E-state index contributed by atoms with van der Waals surface area (Å²) in [6.45, 7) is 3.98. The molecule has 136 valence electrons. The summed E-state index contributed by atoms with van der Waals surface area (Å²) in [5.74, 6) is 0.432. The second kappa shape index (κ2) is 6.92. The summed E-state index contributed by atoms with van der Waals surface area (Å²) in [5.41, 5.74) is 2.04. The molecule has 0 radical (unpaired) electrons. The number of carbonyl (C=O) groups is 1. The molecule has 0 aliphatic heterocycles.